The van der Waals surface area contributed by atoms with Gasteiger partial charge >= 0.3 is 12.0 Å². The number of nitrogens with zero attached hydrogens (tertiary/aromatic N) is 2. The molecule has 8 nitrogen and oxygen atoms in total. The summed E-state index contributed by atoms with van der Waals surface area (Å²) in [6, 6.07) is 4.15. The molecule has 0 heterocycles. The van der Waals surface area contributed by atoms with Gasteiger partial charge < -0.3 is 21.1 Å². The fourth-order valence-corrected chi connectivity index (χ4v) is 1.49. The van der Waals surface area contributed by atoms with E-state index in [1.165, 1.54) is 12.1 Å². The van der Waals surface area contributed by atoms with Crippen LogP contribution in [0.15, 0.2) is 18.2 Å². The van der Waals surface area contributed by atoms with Crippen molar-refractivity contribution in [2.75, 3.05) is 18.4 Å². The summed E-state index contributed by atoms with van der Waals surface area (Å²) >= 11 is 0. The third-order valence-corrected chi connectivity index (χ3v) is 2.33. The average Bonchev–Trinajstić information content (AvgIpc) is 2.37. The van der Waals surface area contributed by atoms with Crippen LogP contribution < -0.4 is 11.1 Å². The number of hydrogen-bond donors (Lipinski definition) is 3. The van der Waals surface area contributed by atoms with Crippen molar-refractivity contribution < 1.29 is 23.9 Å². The Morgan fingerprint density at radius 3 is 2.57 bits per heavy atom. The fraction of sp³-hybridized carbons (Fsp3) is 0.167. The van der Waals surface area contributed by atoms with Gasteiger partial charge in [0.1, 0.15) is 30.5 Å². The van der Waals surface area contributed by atoms with Crippen molar-refractivity contribution in [2.45, 2.75) is 0 Å². The highest BCUT2D eigenvalue weighted by molar-refractivity contribution is 5.94. The molecule has 0 aliphatic carbocycles. The van der Waals surface area contributed by atoms with E-state index < -0.39 is 42.4 Å². The standard InChI is InChI=1S/C12H11FN4O4/c13-8-2-1-3-9(7(8)4-14)16-12(21)17(5-10(15)18)6-11(19)20/h1-3H,5-6H2,(H2,15,18)(H,16,21)(H,19,20). The molecule has 0 aliphatic heterocycles. The zero-order chi connectivity index (χ0) is 16.0. The molecule has 3 amide bonds. The Morgan fingerprint density at radius 1 is 1.38 bits per heavy atom. The van der Waals surface area contributed by atoms with Crippen molar-refractivity contribution in [3.05, 3.63) is 29.6 Å². The van der Waals surface area contributed by atoms with Gasteiger partial charge in [-0.05, 0) is 12.1 Å². The second-order valence-electron chi connectivity index (χ2n) is 3.92. The number of urea groups is 1. The molecule has 1 aromatic rings. The molecular formula is C12H11FN4O4. The van der Waals surface area contributed by atoms with Crippen molar-refractivity contribution in [1.82, 2.24) is 4.90 Å². The monoisotopic (exact) mass is 294 g/mol. The maximum Gasteiger partial charge on any atom is 0.323 e. The summed E-state index contributed by atoms with van der Waals surface area (Å²) in [5, 5.41) is 19.7. The van der Waals surface area contributed by atoms with Crippen LogP contribution in [0.25, 0.3) is 0 Å². The molecule has 0 radical (unpaired) electrons. The molecule has 21 heavy (non-hydrogen) atoms. The van der Waals surface area contributed by atoms with E-state index in [0.717, 1.165) is 6.07 Å². The van der Waals surface area contributed by atoms with Gasteiger partial charge in [0.25, 0.3) is 0 Å². The maximum absolute atomic E-state index is 13.4. The molecule has 0 fully saturated rings. The lowest BCUT2D eigenvalue weighted by Gasteiger charge is -2.19. The Balaban J connectivity index is 2.96. The smallest absolute Gasteiger partial charge is 0.323 e. The van der Waals surface area contributed by atoms with E-state index in [0.29, 0.717) is 4.90 Å². The molecule has 1 rings (SSSR count). The van der Waals surface area contributed by atoms with Gasteiger partial charge in [0.15, 0.2) is 0 Å². The third kappa shape index (κ3) is 4.46. The lowest BCUT2D eigenvalue weighted by atomic mass is 10.2. The van der Waals surface area contributed by atoms with E-state index in [4.69, 9.17) is 16.1 Å². The van der Waals surface area contributed by atoms with Gasteiger partial charge in [0, 0.05) is 0 Å². The molecule has 0 spiro atoms. The van der Waals surface area contributed by atoms with Crippen molar-refractivity contribution in [2.24, 2.45) is 5.73 Å². The Hall–Kier alpha value is -3.15. The van der Waals surface area contributed by atoms with Crippen LogP contribution in [-0.2, 0) is 9.59 Å². The summed E-state index contributed by atoms with van der Waals surface area (Å²) in [5.74, 6) is -3.10. The van der Waals surface area contributed by atoms with Crippen LogP contribution in [0.5, 0.6) is 0 Å². The minimum absolute atomic E-state index is 0.137. The largest absolute Gasteiger partial charge is 0.480 e. The van der Waals surface area contributed by atoms with E-state index in [-0.39, 0.29) is 5.69 Å². The molecule has 9 heteroatoms. The molecule has 1 aromatic carbocycles. The summed E-state index contributed by atoms with van der Waals surface area (Å²) < 4.78 is 13.4. The Kier molecular flexibility index (Phi) is 5.19. The summed E-state index contributed by atoms with van der Waals surface area (Å²) in [7, 11) is 0. The molecule has 0 aromatic heterocycles. The Labute approximate surface area is 118 Å². The zero-order valence-corrected chi connectivity index (χ0v) is 10.7. The second-order valence-corrected chi connectivity index (χ2v) is 3.92. The normalized spacial score (nSPS) is 9.52. The first-order valence-electron chi connectivity index (χ1n) is 5.59. The second kappa shape index (κ2) is 6.85. The van der Waals surface area contributed by atoms with E-state index in [1.807, 2.05) is 0 Å². The minimum atomic E-state index is -1.36. The number of anilines is 1. The number of nitrogens with two attached hydrogens (primary N) is 1. The SMILES string of the molecule is N#Cc1c(F)cccc1NC(=O)N(CC(N)=O)CC(=O)O. The van der Waals surface area contributed by atoms with Crippen LogP contribution in [-0.4, -0.2) is 41.0 Å². The van der Waals surface area contributed by atoms with Crippen molar-refractivity contribution in [3.8, 4) is 6.07 Å². The first kappa shape index (κ1) is 15.9. The van der Waals surface area contributed by atoms with E-state index in [1.54, 1.807) is 6.07 Å². The molecule has 0 atom stereocenters. The number of benzene rings is 1. The number of carbonyl (C=O) groups excluding carboxylic acids is 2. The predicted octanol–water partition coefficient (Wildman–Crippen LogP) is 0.101. The van der Waals surface area contributed by atoms with Gasteiger partial charge in [-0.25, -0.2) is 9.18 Å². The number of hydrogen-bond acceptors (Lipinski definition) is 4. The van der Waals surface area contributed by atoms with Crippen molar-refractivity contribution in [1.29, 1.82) is 5.26 Å². The first-order chi connectivity index (χ1) is 9.85. The molecule has 110 valence electrons. The third-order valence-electron chi connectivity index (χ3n) is 2.33. The Bertz CT molecular complexity index is 610. The number of nitriles is 1. The molecule has 0 unspecified atom stereocenters. The number of carbonyl (C=O) groups is 3. The molecule has 0 saturated heterocycles. The van der Waals surface area contributed by atoms with Gasteiger partial charge in [0.2, 0.25) is 5.91 Å². The number of amides is 3. The predicted molar refractivity (Wildman–Crippen MR) is 68.5 cm³/mol. The number of nitrogens with one attached hydrogen (secondary N) is 1. The zero-order valence-electron chi connectivity index (χ0n) is 10.7. The van der Waals surface area contributed by atoms with Crippen molar-refractivity contribution in [3.63, 3.8) is 0 Å². The summed E-state index contributed by atoms with van der Waals surface area (Å²) in [4.78, 5) is 34.0. The van der Waals surface area contributed by atoms with Gasteiger partial charge in [-0.1, -0.05) is 6.07 Å². The fourth-order valence-electron chi connectivity index (χ4n) is 1.49. The van der Waals surface area contributed by atoms with Crippen LogP contribution in [0.1, 0.15) is 5.56 Å². The van der Waals surface area contributed by atoms with Gasteiger partial charge in [-0.2, -0.15) is 5.26 Å². The molecule has 4 N–H and O–H groups in total. The van der Waals surface area contributed by atoms with Crippen LogP contribution in [0.3, 0.4) is 0 Å². The summed E-state index contributed by atoms with van der Waals surface area (Å²) in [6.45, 7) is -1.40. The van der Waals surface area contributed by atoms with E-state index in [2.05, 4.69) is 5.32 Å². The van der Waals surface area contributed by atoms with Crippen LogP contribution >= 0.6 is 0 Å². The Morgan fingerprint density at radius 2 is 2.05 bits per heavy atom. The van der Waals surface area contributed by atoms with Gasteiger partial charge in [-0.15, -0.1) is 0 Å². The summed E-state index contributed by atoms with van der Waals surface area (Å²) in [5.41, 5.74) is 4.38. The molecule has 0 saturated carbocycles. The number of primary amides is 1. The minimum Gasteiger partial charge on any atom is -0.480 e. The highest BCUT2D eigenvalue weighted by Gasteiger charge is 2.20. The first-order valence-corrected chi connectivity index (χ1v) is 5.59. The lowest BCUT2D eigenvalue weighted by molar-refractivity contribution is -0.137. The number of carboxylic acid groups (broad SMARTS) is 1. The maximum atomic E-state index is 13.4. The molecule has 0 aliphatic rings. The average molecular weight is 294 g/mol. The highest BCUT2D eigenvalue weighted by atomic mass is 19.1. The molecular weight excluding hydrogens is 283 g/mol. The topological polar surface area (TPSA) is 137 Å². The van der Waals surface area contributed by atoms with E-state index in [9.17, 15) is 18.8 Å². The number of rotatable bonds is 5. The highest BCUT2D eigenvalue weighted by Crippen LogP contribution is 2.18. The molecule has 0 bridgehead atoms. The van der Waals surface area contributed by atoms with Gasteiger partial charge in [0.05, 0.1) is 5.69 Å². The quantitative estimate of drug-likeness (QED) is 0.707. The van der Waals surface area contributed by atoms with Gasteiger partial charge in [-0.3, -0.25) is 9.59 Å². The number of carboxylic acids is 1. The van der Waals surface area contributed by atoms with Crippen molar-refractivity contribution >= 4 is 23.6 Å². The van der Waals surface area contributed by atoms with Crippen LogP contribution in [0.2, 0.25) is 0 Å². The number of halogens is 1. The summed E-state index contributed by atoms with van der Waals surface area (Å²) in [6.07, 6.45) is 0. The lowest BCUT2D eigenvalue weighted by Crippen LogP contribution is -2.43. The van der Waals surface area contributed by atoms with Crippen LogP contribution in [0.4, 0.5) is 14.9 Å². The van der Waals surface area contributed by atoms with E-state index >= 15 is 0 Å². The number of aliphatic carboxylic acids is 1. The van der Waals surface area contributed by atoms with Crippen LogP contribution in [0, 0.1) is 17.1 Å².